The summed E-state index contributed by atoms with van der Waals surface area (Å²) in [4.78, 5) is 2.28. The van der Waals surface area contributed by atoms with Gasteiger partial charge in [-0.05, 0) is 40.8 Å². The molecule has 2 fully saturated rings. The second kappa shape index (κ2) is 8.81. The molecule has 1 saturated heterocycles. The SMILES string of the molecule is Cl.Cl.Oc1c([C@@H](C2CCC2)N2CCNCC2)cc(Br)c(F)c1F. The average molecular weight is 434 g/mol. The molecule has 1 aromatic rings. The highest BCUT2D eigenvalue weighted by Crippen LogP contribution is 2.45. The normalized spacial score (nSPS) is 20.1. The highest BCUT2D eigenvalue weighted by molar-refractivity contribution is 9.10. The summed E-state index contributed by atoms with van der Waals surface area (Å²) in [6, 6.07) is 1.51. The lowest BCUT2D eigenvalue weighted by Gasteiger charge is -2.43. The zero-order chi connectivity index (χ0) is 15.0. The van der Waals surface area contributed by atoms with E-state index in [1.807, 2.05) is 0 Å². The van der Waals surface area contributed by atoms with Crippen LogP contribution in [0, 0.1) is 17.6 Å². The van der Waals surface area contributed by atoms with E-state index in [-0.39, 0.29) is 35.3 Å². The van der Waals surface area contributed by atoms with Gasteiger partial charge in [0.1, 0.15) is 0 Å². The smallest absolute Gasteiger partial charge is 0.201 e. The third-order valence-electron chi connectivity index (χ3n) is 4.63. The average Bonchev–Trinajstić information content (AvgIpc) is 2.45. The van der Waals surface area contributed by atoms with Crippen LogP contribution < -0.4 is 5.32 Å². The fourth-order valence-corrected chi connectivity index (χ4v) is 3.71. The second-order valence-electron chi connectivity index (χ2n) is 5.85. The lowest BCUT2D eigenvalue weighted by molar-refractivity contribution is 0.0813. The number of nitrogens with zero attached hydrogens (tertiary/aromatic N) is 1. The number of phenols is 1. The van der Waals surface area contributed by atoms with E-state index in [4.69, 9.17) is 0 Å². The maximum absolute atomic E-state index is 13.9. The summed E-state index contributed by atoms with van der Waals surface area (Å²) in [7, 11) is 0. The minimum Gasteiger partial charge on any atom is -0.505 e. The van der Waals surface area contributed by atoms with Gasteiger partial charge >= 0.3 is 0 Å². The summed E-state index contributed by atoms with van der Waals surface area (Å²) in [5.41, 5.74) is 0.507. The Morgan fingerprint density at radius 3 is 2.30 bits per heavy atom. The summed E-state index contributed by atoms with van der Waals surface area (Å²) in [6.07, 6.45) is 3.31. The van der Waals surface area contributed by atoms with E-state index in [9.17, 15) is 13.9 Å². The largest absolute Gasteiger partial charge is 0.505 e. The van der Waals surface area contributed by atoms with Gasteiger partial charge in [-0.2, -0.15) is 4.39 Å². The minimum atomic E-state index is -1.15. The van der Waals surface area contributed by atoms with Gasteiger partial charge in [-0.1, -0.05) is 6.42 Å². The molecule has 1 atom stereocenters. The molecule has 0 aromatic heterocycles. The molecular weight excluding hydrogens is 413 g/mol. The van der Waals surface area contributed by atoms with E-state index < -0.39 is 17.4 Å². The van der Waals surface area contributed by atoms with Crippen molar-refractivity contribution >= 4 is 40.7 Å². The number of nitrogens with one attached hydrogen (secondary N) is 1. The molecule has 1 aromatic carbocycles. The first-order valence-corrected chi connectivity index (χ1v) is 8.20. The number of piperazine rings is 1. The van der Waals surface area contributed by atoms with Gasteiger partial charge in [0.15, 0.2) is 11.6 Å². The maximum atomic E-state index is 13.9. The number of rotatable bonds is 3. The highest BCUT2D eigenvalue weighted by Gasteiger charge is 2.36. The summed E-state index contributed by atoms with van der Waals surface area (Å²) >= 11 is 3.06. The number of hydrogen-bond donors (Lipinski definition) is 2. The third-order valence-corrected chi connectivity index (χ3v) is 5.20. The van der Waals surface area contributed by atoms with Crippen molar-refractivity contribution in [2.75, 3.05) is 26.2 Å². The highest BCUT2D eigenvalue weighted by atomic mass is 79.9. The van der Waals surface area contributed by atoms with Gasteiger partial charge in [-0.3, -0.25) is 4.90 Å². The Morgan fingerprint density at radius 1 is 1.17 bits per heavy atom. The fourth-order valence-electron chi connectivity index (χ4n) is 3.29. The van der Waals surface area contributed by atoms with Gasteiger partial charge in [-0.15, -0.1) is 24.8 Å². The van der Waals surface area contributed by atoms with Gasteiger partial charge in [0.2, 0.25) is 5.82 Å². The predicted molar refractivity (Wildman–Crippen MR) is 94.7 cm³/mol. The summed E-state index contributed by atoms with van der Waals surface area (Å²) < 4.78 is 27.5. The van der Waals surface area contributed by atoms with Gasteiger partial charge < -0.3 is 10.4 Å². The van der Waals surface area contributed by atoms with Gasteiger partial charge in [0, 0.05) is 37.8 Å². The van der Waals surface area contributed by atoms with E-state index in [0.29, 0.717) is 11.5 Å². The van der Waals surface area contributed by atoms with Crippen LogP contribution in [0.15, 0.2) is 10.5 Å². The molecule has 0 radical (unpaired) electrons. The zero-order valence-corrected chi connectivity index (χ0v) is 15.7. The van der Waals surface area contributed by atoms with E-state index >= 15 is 0 Å². The Bertz CT molecular complexity index is 541. The van der Waals surface area contributed by atoms with Crippen LogP contribution in [-0.2, 0) is 0 Å². The number of phenolic OH excluding ortho intramolecular Hbond substituents is 1. The number of aromatic hydroxyl groups is 1. The van der Waals surface area contributed by atoms with Crippen LogP contribution in [-0.4, -0.2) is 36.2 Å². The topological polar surface area (TPSA) is 35.5 Å². The molecule has 3 nitrogen and oxygen atoms in total. The van der Waals surface area contributed by atoms with Crippen LogP contribution in [0.4, 0.5) is 8.78 Å². The second-order valence-corrected chi connectivity index (χ2v) is 6.70. The molecule has 1 saturated carbocycles. The number of halogens is 5. The molecule has 2 aliphatic rings. The first-order chi connectivity index (χ1) is 10.1. The van der Waals surface area contributed by atoms with Gasteiger partial charge in [0.05, 0.1) is 4.47 Å². The molecule has 1 aliphatic heterocycles. The van der Waals surface area contributed by atoms with Crippen LogP contribution in [0.2, 0.25) is 0 Å². The van der Waals surface area contributed by atoms with Crippen molar-refractivity contribution in [3.8, 4) is 5.75 Å². The molecule has 1 aliphatic carbocycles. The maximum Gasteiger partial charge on any atom is 0.201 e. The van der Waals surface area contributed by atoms with Crippen molar-refractivity contribution in [1.29, 1.82) is 0 Å². The van der Waals surface area contributed by atoms with Crippen LogP contribution in [0.25, 0.3) is 0 Å². The summed E-state index contributed by atoms with van der Waals surface area (Å²) in [5, 5.41) is 13.4. The summed E-state index contributed by atoms with van der Waals surface area (Å²) in [6.45, 7) is 3.48. The molecule has 132 valence electrons. The Morgan fingerprint density at radius 2 is 1.78 bits per heavy atom. The molecule has 23 heavy (non-hydrogen) atoms. The van der Waals surface area contributed by atoms with Crippen LogP contribution in [0.1, 0.15) is 30.9 Å². The third kappa shape index (κ3) is 4.10. The first-order valence-electron chi connectivity index (χ1n) is 7.40. The molecule has 0 amide bonds. The molecule has 0 spiro atoms. The van der Waals surface area contributed by atoms with Crippen molar-refractivity contribution in [2.24, 2.45) is 5.92 Å². The molecule has 0 unspecified atom stereocenters. The first kappa shape index (κ1) is 20.9. The Labute approximate surface area is 155 Å². The van der Waals surface area contributed by atoms with Crippen LogP contribution in [0.3, 0.4) is 0 Å². The van der Waals surface area contributed by atoms with Crippen LogP contribution in [0.5, 0.6) is 5.75 Å². The molecule has 3 rings (SSSR count). The number of hydrogen-bond acceptors (Lipinski definition) is 3. The lowest BCUT2D eigenvalue weighted by Crippen LogP contribution is -2.47. The molecular formula is C15H21BrCl2F2N2O. The molecule has 1 heterocycles. The zero-order valence-electron chi connectivity index (χ0n) is 12.5. The Balaban J connectivity index is 0.00000132. The monoisotopic (exact) mass is 432 g/mol. The standard InChI is InChI=1S/C15H19BrF2N2O.2ClH/c16-11-8-10(15(21)13(18)12(11)17)14(9-2-1-3-9)20-6-4-19-5-7-20;;/h8-9,14,19,21H,1-7H2;2*1H/t14-;;/m1../s1. The van der Waals surface area contributed by atoms with E-state index in [1.165, 1.54) is 6.42 Å². The van der Waals surface area contributed by atoms with E-state index in [2.05, 4.69) is 26.1 Å². The minimum absolute atomic E-state index is 0. The van der Waals surface area contributed by atoms with Gasteiger partial charge in [-0.25, -0.2) is 4.39 Å². The van der Waals surface area contributed by atoms with Crippen molar-refractivity contribution in [2.45, 2.75) is 25.3 Å². The van der Waals surface area contributed by atoms with E-state index in [0.717, 1.165) is 39.0 Å². The Kier molecular flexibility index (Phi) is 8.01. The predicted octanol–water partition coefficient (Wildman–Crippen LogP) is 4.02. The quantitative estimate of drug-likeness (QED) is 0.706. The van der Waals surface area contributed by atoms with Crippen molar-refractivity contribution < 1.29 is 13.9 Å². The fraction of sp³-hybridized carbons (Fsp3) is 0.600. The lowest BCUT2D eigenvalue weighted by atomic mass is 9.76. The Hall–Kier alpha value is -0.140. The van der Waals surface area contributed by atoms with Crippen LogP contribution >= 0.6 is 40.7 Å². The number of benzene rings is 1. The van der Waals surface area contributed by atoms with Crippen molar-refractivity contribution in [3.05, 3.63) is 27.7 Å². The molecule has 0 bridgehead atoms. The molecule has 2 N–H and O–H groups in total. The van der Waals surface area contributed by atoms with Crippen molar-refractivity contribution in [3.63, 3.8) is 0 Å². The van der Waals surface area contributed by atoms with Gasteiger partial charge in [0.25, 0.3) is 0 Å². The molecule has 8 heteroatoms. The summed E-state index contributed by atoms with van der Waals surface area (Å²) in [5.74, 6) is -2.31. The van der Waals surface area contributed by atoms with E-state index in [1.54, 1.807) is 6.07 Å². The van der Waals surface area contributed by atoms with Crippen molar-refractivity contribution in [1.82, 2.24) is 10.2 Å².